The Morgan fingerprint density at radius 1 is 1.25 bits per heavy atom. The van der Waals surface area contributed by atoms with E-state index in [0.717, 1.165) is 11.4 Å². The average Bonchev–Trinajstić information content (AvgIpc) is 2.54. The lowest BCUT2D eigenvalue weighted by molar-refractivity contribution is -0.0116. The molecule has 1 aliphatic heterocycles. The molecule has 1 aliphatic rings. The number of rotatable bonds is 3. The van der Waals surface area contributed by atoms with Gasteiger partial charge in [0.2, 0.25) is 5.95 Å². The Bertz CT molecular complexity index is 731. The smallest absolute Gasteiger partial charge is 0.324 e. The van der Waals surface area contributed by atoms with Crippen molar-refractivity contribution in [1.82, 2.24) is 19.9 Å². The number of nitrogens with one attached hydrogen (secondary N) is 1. The minimum Gasteiger partial charge on any atom is -0.363 e. The Balaban J connectivity index is 1.77. The summed E-state index contributed by atoms with van der Waals surface area (Å²) in [5, 5.41) is 2.80. The number of aromatic nitrogens is 3. The highest BCUT2D eigenvalue weighted by Gasteiger charge is 2.49. The quantitative estimate of drug-likeness (QED) is 0.938. The summed E-state index contributed by atoms with van der Waals surface area (Å²) in [6.07, 6.45) is 5.14. The second-order valence-corrected chi connectivity index (χ2v) is 6.86. The topological polar surface area (TPSA) is 74.2 Å². The summed E-state index contributed by atoms with van der Waals surface area (Å²) in [5.41, 5.74) is 1.10. The van der Waals surface area contributed by atoms with E-state index in [1.54, 1.807) is 29.6 Å². The van der Waals surface area contributed by atoms with E-state index in [1.807, 2.05) is 31.1 Å². The molecular formula is C17H22N6O. The monoisotopic (exact) mass is 326 g/mol. The number of urea groups is 1. The third kappa shape index (κ3) is 3.02. The summed E-state index contributed by atoms with van der Waals surface area (Å²) >= 11 is 0. The normalized spacial score (nSPS) is 18.7. The fourth-order valence-electron chi connectivity index (χ4n) is 3.12. The van der Waals surface area contributed by atoms with Gasteiger partial charge in [0.05, 0.1) is 6.04 Å². The van der Waals surface area contributed by atoms with Gasteiger partial charge in [0, 0.05) is 44.6 Å². The first kappa shape index (κ1) is 16.2. The molecule has 1 N–H and O–H groups in total. The first-order valence-corrected chi connectivity index (χ1v) is 7.86. The molecule has 0 aromatic carbocycles. The van der Waals surface area contributed by atoms with E-state index in [2.05, 4.69) is 34.1 Å². The Morgan fingerprint density at radius 2 is 1.96 bits per heavy atom. The summed E-state index contributed by atoms with van der Waals surface area (Å²) < 4.78 is 0. The molecule has 1 atom stereocenters. The van der Waals surface area contributed by atoms with Crippen LogP contribution in [0, 0.1) is 5.41 Å². The molecule has 0 unspecified atom stereocenters. The van der Waals surface area contributed by atoms with Gasteiger partial charge in [0.1, 0.15) is 5.82 Å². The van der Waals surface area contributed by atoms with Crippen molar-refractivity contribution >= 4 is 17.8 Å². The van der Waals surface area contributed by atoms with Gasteiger partial charge in [0.25, 0.3) is 0 Å². The van der Waals surface area contributed by atoms with E-state index in [-0.39, 0.29) is 17.5 Å². The summed E-state index contributed by atoms with van der Waals surface area (Å²) in [4.78, 5) is 28.8. The standard InChI is InChI=1S/C17H22N6O/c1-17(2)11-23(14(17)12-5-8-18-9-6-12)16(24)21-15-19-10-7-13(20-15)22(3)4/h5-10,14H,11H2,1-4H3,(H,19,20,21,24)/t14-/m0/s1. The molecule has 7 nitrogen and oxygen atoms in total. The maximum absolute atomic E-state index is 12.7. The van der Waals surface area contributed by atoms with E-state index >= 15 is 0 Å². The van der Waals surface area contributed by atoms with Crippen molar-refractivity contribution in [3.05, 3.63) is 42.4 Å². The lowest BCUT2D eigenvalue weighted by atomic mass is 9.72. The van der Waals surface area contributed by atoms with Crippen LogP contribution in [0.2, 0.25) is 0 Å². The highest BCUT2D eigenvalue weighted by molar-refractivity contribution is 5.88. The Hall–Kier alpha value is -2.70. The molecule has 2 aromatic heterocycles. The third-order valence-electron chi connectivity index (χ3n) is 4.23. The predicted octanol–water partition coefficient (Wildman–Crippen LogP) is 2.55. The van der Waals surface area contributed by atoms with Crippen LogP contribution in [0.5, 0.6) is 0 Å². The number of amides is 2. The van der Waals surface area contributed by atoms with Crippen LogP contribution in [0.3, 0.4) is 0 Å². The highest BCUT2D eigenvalue weighted by Crippen LogP contribution is 2.48. The van der Waals surface area contributed by atoms with Gasteiger partial charge < -0.3 is 9.80 Å². The SMILES string of the molecule is CN(C)c1ccnc(NC(=O)N2CC(C)(C)[C@@H]2c2ccncc2)n1. The molecule has 0 bridgehead atoms. The molecule has 2 amide bonds. The zero-order chi connectivity index (χ0) is 17.3. The first-order valence-electron chi connectivity index (χ1n) is 7.86. The van der Waals surface area contributed by atoms with E-state index in [0.29, 0.717) is 12.5 Å². The van der Waals surface area contributed by atoms with Crippen molar-refractivity contribution in [2.45, 2.75) is 19.9 Å². The van der Waals surface area contributed by atoms with Gasteiger partial charge in [-0.1, -0.05) is 13.8 Å². The minimum absolute atomic E-state index is 0.0116. The van der Waals surface area contributed by atoms with Crippen molar-refractivity contribution in [1.29, 1.82) is 0 Å². The molecule has 1 saturated heterocycles. The number of pyridine rings is 1. The first-order chi connectivity index (χ1) is 11.4. The number of likely N-dealkylation sites (tertiary alicyclic amines) is 1. The van der Waals surface area contributed by atoms with E-state index in [1.165, 1.54) is 0 Å². The summed E-state index contributed by atoms with van der Waals surface area (Å²) in [6, 6.07) is 5.52. The van der Waals surface area contributed by atoms with Crippen LogP contribution in [0.25, 0.3) is 0 Å². The molecule has 1 fully saturated rings. The molecular weight excluding hydrogens is 304 g/mol. The lowest BCUT2D eigenvalue weighted by Crippen LogP contribution is -2.59. The molecule has 0 spiro atoms. The van der Waals surface area contributed by atoms with Crippen LogP contribution in [-0.2, 0) is 0 Å². The lowest BCUT2D eigenvalue weighted by Gasteiger charge is -2.54. The largest absolute Gasteiger partial charge is 0.363 e. The van der Waals surface area contributed by atoms with Gasteiger partial charge in [-0.15, -0.1) is 0 Å². The fraction of sp³-hybridized carbons (Fsp3) is 0.412. The van der Waals surface area contributed by atoms with Gasteiger partial charge in [-0.2, -0.15) is 4.98 Å². The maximum Gasteiger partial charge on any atom is 0.324 e. The van der Waals surface area contributed by atoms with Crippen LogP contribution in [0.1, 0.15) is 25.5 Å². The zero-order valence-electron chi connectivity index (χ0n) is 14.4. The third-order valence-corrected chi connectivity index (χ3v) is 4.23. The number of hydrogen-bond acceptors (Lipinski definition) is 5. The van der Waals surface area contributed by atoms with E-state index in [9.17, 15) is 4.79 Å². The Kier molecular flexibility index (Phi) is 4.09. The zero-order valence-corrected chi connectivity index (χ0v) is 14.4. The molecule has 0 saturated carbocycles. The van der Waals surface area contributed by atoms with Crippen LogP contribution in [-0.4, -0.2) is 46.5 Å². The number of carbonyl (C=O) groups is 1. The summed E-state index contributed by atoms with van der Waals surface area (Å²) in [6.45, 7) is 5.00. The Morgan fingerprint density at radius 3 is 2.58 bits per heavy atom. The number of carbonyl (C=O) groups excluding carboxylic acids is 1. The Labute approximate surface area is 141 Å². The second-order valence-electron chi connectivity index (χ2n) is 6.86. The highest BCUT2D eigenvalue weighted by atomic mass is 16.2. The van der Waals surface area contributed by atoms with Gasteiger partial charge in [-0.3, -0.25) is 10.3 Å². The van der Waals surface area contributed by atoms with Crippen molar-refractivity contribution in [3.8, 4) is 0 Å². The molecule has 7 heteroatoms. The van der Waals surface area contributed by atoms with Gasteiger partial charge in [0.15, 0.2) is 0 Å². The number of hydrogen-bond donors (Lipinski definition) is 1. The van der Waals surface area contributed by atoms with Crippen LogP contribution < -0.4 is 10.2 Å². The minimum atomic E-state index is -0.188. The van der Waals surface area contributed by atoms with Gasteiger partial charge in [-0.25, -0.2) is 9.78 Å². The molecule has 2 aromatic rings. The van der Waals surface area contributed by atoms with Crippen molar-refractivity contribution in [2.24, 2.45) is 5.41 Å². The average molecular weight is 326 g/mol. The van der Waals surface area contributed by atoms with Crippen molar-refractivity contribution in [3.63, 3.8) is 0 Å². The molecule has 0 radical (unpaired) electrons. The fourth-order valence-corrected chi connectivity index (χ4v) is 3.12. The summed E-state index contributed by atoms with van der Waals surface area (Å²) in [7, 11) is 3.79. The molecule has 0 aliphatic carbocycles. The molecule has 24 heavy (non-hydrogen) atoms. The molecule has 3 heterocycles. The molecule has 126 valence electrons. The van der Waals surface area contributed by atoms with Gasteiger partial charge >= 0.3 is 6.03 Å². The van der Waals surface area contributed by atoms with Crippen LogP contribution >= 0.6 is 0 Å². The van der Waals surface area contributed by atoms with Crippen LogP contribution in [0.15, 0.2) is 36.8 Å². The predicted molar refractivity (Wildman–Crippen MR) is 92.8 cm³/mol. The molecule has 3 rings (SSSR count). The van der Waals surface area contributed by atoms with E-state index < -0.39 is 0 Å². The number of anilines is 2. The van der Waals surface area contributed by atoms with Crippen LogP contribution in [0.4, 0.5) is 16.6 Å². The second kappa shape index (κ2) is 6.07. The maximum atomic E-state index is 12.7. The van der Waals surface area contributed by atoms with E-state index in [4.69, 9.17) is 0 Å². The van der Waals surface area contributed by atoms with Gasteiger partial charge in [-0.05, 0) is 23.8 Å². The number of nitrogens with zero attached hydrogens (tertiary/aromatic N) is 5. The van der Waals surface area contributed by atoms with Crippen molar-refractivity contribution in [2.75, 3.05) is 30.9 Å². The van der Waals surface area contributed by atoms with Crippen molar-refractivity contribution < 1.29 is 4.79 Å². The summed E-state index contributed by atoms with van der Waals surface area (Å²) in [5.74, 6) is 1.05.